The molecule has 0 radical (unpaired) electrons. The van der Waals surface area contributed by atoms with Gasteiger partial charge in [-0.1, -0.05) is 0 Å². The Labute approximate surface area is 350 Å². The molecule has 11 aliphatic carbocycles. The van der Waals surface area contributed by atoms with Crippen LogP contribution in [-0.2, 0) is 0 Å². The van der Waals surface area contributed by atoms with E-state index in [0.717, 1.165) is 81.8 Å². The minimum atomic E-state index is -0.465. The van der Waals surface area contributed by atoms with Crippen molar-refractivity contribution in [1.29, 1.82) is 0 Å². The molecule has 0 heterocycles. The molecule has 8 heteroatoms. The number of Topliss-reactive ketones (excluding diaryl/α,β-unsaturated/α-hetero) is 4. The van der Waals surface area contributed by atoms with Crippen LogP contribution < -0.4 is 0 Å². The summed E-state index contributed by atoms with van der Waals surface area (Å²) in [5.41, 5.74) is 1.33. The zero-order valence-electron chi connectivity index (χ0n) is 33.8. The van der Waals surface area contributed by atoms with Gasteiger partial charge in [-0.05, 0) is 221 Å². The summed E-state index contributed by atoms with van der Waals surface area (Å²) in [6.45, 7) is 0. The van der Waals surface area contributed by atoms with Crippen molar-refractivity contribution >= 4 is 23.1 Å². The van der Waals surface area contributed by atoms with Crippen molar-refractivity contribution in [3.63, 3.8) is 0 Å². The molecule has 0 aromatic heterocycles. The van der Waals surface area contributed by atoms with E-state index in [9.17, 15) is 39.6 Å². The summed E-state index contributed by atoms with van der Waals surface area (Å²) in [5.74, 6) is 5.81. The Morgan fingerprint density at radius 1 is 0.333 bits per heavy atom. The molecule has 4 aromatic rings. The Morgan fingerprint density at radius 2 is 0.550 bits per heavy atom. The van der Waals surface area contributed by atoms with Gasteiger partial charge in [0.2, 0.25) is 0 Å². The monoisotopic (exact) mass is 804 g/mol. The maximum atomic E-state index is 13.7. The second-order valence-electron chi connectivity index (χ2n) is 20.8. The number of phenolic OH excluding ortho intramolecular Hbond substituents is 4. The van der Waals surface area contributed by atoms with Gasteiger partial charge in [0.25, 0.3) is 0 Å². The van der Waals surface area contributed by atoms with Crippen molar-refractivity contribution < 1.29 is 39.6 Å². The zero-order chi connectivity index (χ0) is 41.3. The highest BCUT2D eigenvalue weighted by molar-refractivity contribution is 6.05. The Balaban J connectivity index is 0.000000137. The third-order valence-corrected chi connectivity index (χ3v) is 17.6. The van der Waals surface area contributed by atoms with Crippen LogP contribution in [0.3, 0.4) is 0 Å². The van der Waals surface area contributed by atoms with Crippen molar-refractivity contribution in [2.45, 2.75) is 77.0 Å². The van der Waals surface area contributed by atoms with Gasteiger partial charge in [0.1, 0.15) is 23.0 Å². The number of ketones is 4. The quantitative estimate of drug-likeness (QED) is 0.129. The maximum Gasteiger partial charge on any atom is 0.169 e. The van der Waals surface area contributed by atoms with Gasteiger partial charge in [-0.15, -0.1) is 0 Å². The van der Waals surface area contributed by atoms with Crippen LogP contribution in [0.15, 0.2) is 97.1 Å². The SMILES string of the molecule is O=C(c1ccc(O)cc1)C12CC3C4CC5(C(=O)c6ccc(O)cc6)CC3C(C1)C(C5)C4C2.O=C(c1ccc(O)cc1)C12CC3CC(C1)CC(C(=O)c1ccc(O)cc1)(C3)C2. The Morgan fingerprint density at radius 3 is 0.783 bits per heavy atom. The van der Waals surface area contributed by atoms with E-state index >= 15 is 0 Å². The van der Waals surface area contributed by atoms with Gasteiger partial charge in [-0.25, -0.2) is 0 Å². The Bertz CT molecular complexity index is 2170. The summed E-state index contributed by atoms with van der Waals surface area (Å²) in [5, 5.41) is 38.4. The summed E-state index contributed by atoms with van der Waals surface area (Å²) < 4.78 is 0. The number of rotatable bonds is 8. The number of hydrogen-bond acceptors (Lipinski definition) is 8. The first-order valence-corrected chi connectivity index (χ1v) is 22.1. The van der Waals surface area contributed by atoms with Crippen LogP contribution in [0, 0.1) is 69.0 Å². The second-order valence-corrected chi connectivity index (χ2v) is 20.8. The third-order valence-electron chi connectivity index (χ3n) is 17.6. The summed E-state index contributed by atoms with van der Waals surface area (Å²) >= 11 is 0. The van der Waals surface area contributed by atoms with Crippen LogP contribution in [0.1, 0.15) is 118 Å². The molecule has 0 atom stereocenters. The van der Waals surface area contributed by atoms with Gasteiger partial charge in [-0.2, -0.15) is 0 Å². The number of phenols is 4. The lowest BCUT2D eigenvalue weighted by Gasteiger charge is -2.74. The van der Waals surface area contributed by atoms with Crippen molar-refractivity contribution in [3.05, 3.63) is 119 Å². The van der Waals surface area contributed by atoms with Crippen molar-refractivity contribution in [2.75, 3.05) is 0 Å². The maximum absolute atomic E-state index is 13.7. The Hall–Kier alpha value is -5.24. The molecule has 15 rings (SSSR count). The minimum absolute atomic E-state index is 0.129. The minimum Gasteiger partial charge on any atom is -0.508 e. The molecule has 12 bridgehead atoms. The van der Waals surface area contributed by atoms with E-state index in [2.05, 4.69) is 0 Å². The average Bonchev–Trinajstić information content (AvgIpc) is 3.25. The van der Waals surface area contributed by atoms with E-state index in [1.54, 1.807) is 97.1 Å². The molecule has 0 aliphatic heterocycles. The number of carbonyl (C=O) groups excluding carboxylic acids is 4. The van der Waals surface area contributed by atoms with E-state index in [1.165, 1.54) is 0 Å². The van der Waals surface area contributed by atoms with Gasteiger partial charge in [0, 0.05) is 43.9 Å². The van der Waals surface area contributed by atoms with E-state index < -0.39 is 10.8 Å². The molecule has 0 amide bonds. The highest BCUT2D eigenvalue weighted by Crippen LogP contribution is 2.77. The summed E-state index contributed by atoms with van der Waals surface area (Å²) in [7, 11) is 0. The first kappa shape index (κ1) is 37.7. The van der Waals surface area contributed by atoms with E-state index in [-0.39, 0.29) is 57.0 Å². The smallest absolute Gasteiger partial charge is 0.169 e. The summed E-state index contributed by atoms with van der Waals surface area (Å²) in [6.07, 6.45) is 11.1. The van der Waals surface area contributed by atoms with Crippen LogP contribution in [0.2, 0.25) is 0 Å². The molecule has 4 N–H and O–H groups in total. The largest absolute Gasteiger partial charge is 0.508 e. The topological polar surface area (TPSA) is 149 Å². The first-order valence-electron chi connectivity index (χ1n) is 22.1. The lowest BCUT2D eigenvalue weighted by molar-refractivity contribution is -0.235. The summed E-state index contributed by atoms with van der Waals surface area (Å²) in [6, 6.07) is 26.6. The highest BCUT2D eigenvalue weighted by Gasteiger charge is 2.73. The van der Waals surface area contributed by atoms with E-state index in [0.29, 0.717) is 64.9 Å². The fourth-order valence-corrected chi connectivity index (χ4v) is 16.0. The number of benzene rings is 4. The van der Waals surface area contributed by atoms with Crippen LogP contribution in [-0.4, -0.2) is 43.6 Å². The van der Waals surface area contributed by atoms with Gasteiger partial charge in [0.15, 0.2) is 23.1 Å². The van der Waals surface area contributed by atoms with Crippen molar-refractivity contribution in [2.24, 2.45) is 69.0 Å². The van der Waals surface area contributed by atoms with Gasteiger partial charge >= 0.3 is 0 Å². The van der Waals surface area contributed by atoms with Gasteiger partial charge < -0.3 is 20.4 Å². The Kier molecular flexibility index (Phi) is 8.26. The molecular weight excluding hydrogens is 753 g/mol. The van der Waals surface area contributed by atoms with Crippen LogP contribution in [0.5, 0.6) is 23.0 Å². The lowest BCUT2D eigenvalue weighted by atomic mass is 9.29. The number of carbonyl (C=O) groups is 4. The fourth-order valence-electron chi connectivity index (χ4n) is 16.0. The first-order chi connectivity index (χ1) is 28.8. The molecule has 8 nitrogen and oxygen atoms in total. The number of aromatic hydroxyl groups is 4. The predicted molar refractivity (Wildman–Crippen MR) is 223 cm³/mol. The average molecular weight is 805 g/mol. The lowest BCUT2D eigenvalue weighted by Crippen LogP contribution is -2.69. The van der Waals surface area contributed by atoms with Crippen LogP contribution in [0.25, 0.3) is 0 Å². The molecule has 11 saturated carbocycles. The molecule has 4 aromatic carbocycles. The standard InChI is InChI=1S/C28H28O4.C24H24O4/c29-17-5-1-15(2-6-17)25(31)27-9-19-22-12-28(26(32)16-3-7-18(30)8-4-16)13-23(19)21(11-27)24(14-28)20(22)10-27;25-19-5-1-17(2-6-19)21(27)23-10-15-9-16(11-23)13-24(12-15,14-23)22(28)18-3-7-20(26)8-4-18/h1-8,19-24,29-30H,9-14H2;1-8,15-16,25-26H,9-14H2. The molecule has 11 fully saturated rings. The molecule has 0 spiro atoms. The van der Waals surface area contributed by atoms with Crippen molar-refractivity contribution in [3.8, 4) is 23.0 Å². The molecule has 0 unspecified atom stereocenters. The molecular formula is C52H52O8. The van der Waals surface area contributed by atoms with E-state index in [4.69, 9.17) is 0 Å². The van der Waals surface area contributed by atoms with Crippen molar-refractivity contribution in [1.82, 2.24) is 0 Å². The highest BCUT2D eigenvalue weighted by atomic mass is 16.3. The second kappa shape index (κ2) is 13.1. The molecule has 11 aliphatic rings. The van der Waals surface area contributed by atoms with Crippen LogP contribution in [0.4, 0.5) is 0 Å². The van der Waals surface area contributed by atoms with Gasteiger partial charge in [0.05, 0.1) is 0 Å². The molecule has 60 heavy (non-hydrogen) atoms. The molecule has 308 valence electrons. The number of hydrogen-bond donors (Lipinski definition) is 4. The summed E-state index contributed by atoms with van der Waals surface area (Å²) in [4.78, 5) is 54.4. The third kappa shape index (κ3) is 5.61. The normalized spacial score (nSPS) is 38.0. The van der Waals surface area contributed by atoms with Crippen LogP contribution >= 0.6 is 0 Å². The van der Waals surface area contributed by atoms with E-state index in [1.807, 2.05) is 0 Å². The molecule has 0 saturated heterocycles. The van der Waals surface area contributed by atoms with Gasteiger partial charge in [-0.3, -0.25) is 19.2 Å². The predicted octanol–water partition coefficient (Wildman–Crippen LogP) is 9.99. The zero-order valence-corrected chi connectivity index (χ0v) is 33.8. The fraction of sp³-hybridized carbons (Fsp3) is 0.462.